The van der Waals surface area contributed by atoms with E-state index in [4.69, 9.17) is 9.47 Å². The number of ether oxygens (including phenoxy) is 2. The summed E-state index contributed by atoms with van der Waals surface area (Å²) in [7, 11) is -3.51. The van der Waals surface area contributed by atoms with E-state index < -0.39 is 10.0 Å². The second-order valence-corrected chi connectivity index (χ2v) is 11.2. The Labute approximate surface area is 203 Å². The van der Waals surface area contributed by atoms with Gasteiger partial charge in [0, 0.05) is 30.9 Å². The van der Waals surface area contributed by atoms with Gasteiger partial charge in [0.2, 0.25) is 10.0 Å². The van der Waals surface area contributed by atoms with E-state index in [0.29, 0.717) is 41.2 Å². The highest BCUT2D eigenvalue weighted by Gasteiger charge is 2.25. The molecule has 0 bridgehead atoms. The van der Waals surface area contributed by atoms with Gasteiger partial charge in [-0.1, -0.05) is 12.8 Å². The number of rotatable bonds is 7. The van der Waals surface area contributed by atoms with Crippen LogP contribution in [0.4, 0.5) is 5.69 Å². The van der Waals surface area contributed by atoms with Gasteiger partial charge in [0.05, 0.1) is 15.5 Å². The van der Waals surface area contributed by atoms with Crippen LogP contribution in [0.3, 0.4) is 0 Å². The monoisotopic (exact) mass is 536 g/mol. The van der Waals surface area contributed by atoms with Crippen molar-refractivity contribution in [2.75, 3.05) is 31.6 Å². The molecule has 0 aliphatic carbocycles. The topological polar surface area (TPSA) is 84.9 Å². The molecule has 1 amide bonds. The van der Waals surface area contributed by atoms with E-state index in [0.717, 1.165) is 45.1 Å². The Bertz CT molecular complexity index is 1060. The summed E-state index contributed by atoms with van der Waals surface area (Å²) in [5.74, 6) is 0.370. The Morgan fingerprint density at radius 3 is 2.42 bits per heavy atom. The second-order valence-electron chi connectivity index (χ2n) is 8.39. The van der Waals surface area contributed by atoms with Crippen LogP contribution in [-0.2, 0) is 14.8 Å². The van der Waals surface area contributed by atoms with E-state index in [9.17, 15) is 13.2 Å². The molecule has 1 atom stereocenters. The van der Waals surface area contributed by atoms with Gasteiger partial charge in [0.15, 0.2) is 0 Å². The lowest BCUT2D eigenvalue weighted by atomic mass is 10.2. The van der Waals surface area contributed by atoms with Crippen LogP contribution in [0.1, 0.15) is 48.9 Å². The molecule has 2 aliphatic heterocycles. The first kappa shape index (κ1) is 24.2. The number of nitrogens with one attached hydrogen (secondary N) is 1. The van der Waals surface area contributed by atoms with Crippen LogP contribution in [0, 0.1) is 0 Å². The highest BCUT2D eigenvalue weighted by molar-refractivity contribution is 9.10. The Morgan fingerprint density at radius 1 is 1.06 bits per heavy atom. The van der Waals surface area contributed by atoms with Crippen LogP contribution in [-0.4, -0.2) is 51.0 Å². The first-order valence-electron chi connectivity index (χ1n) is 11.4. The van der Waals surface area contributed by atoms with Crippen molar-refractivity contribution in [3.05, 3.63) is 52.5 Å². The number of sulfonamides is 1. The molecule has 1 N–H and O–H groups in total. The van der Waals surface area contributed by atoms with Crippen LogP contribution < -0.4 is 10.1 Å². The Kier molecular flexibility index (Phi) is 8.06. The standard InChI is InChI=1S/C24H29BrN2O5S/c25-22-16-18(7-12-23(22)32-17-20-6-5-15-31-20)24(28)26-19-8-10-21(11-9-19)33(29,30)27-13-3-1-2-4-14-27/h7-12,16,20H,1-6,13-15,17H2,(H,26,28). The van der Waals surface area contributed by atoms with Crippen molar-refractivity contribution in [2.24, 2.45) is 0 Å². The average molecular weight is 537 g/mol. The first-order chi connectivity index (χ1) is 15.9. The summed E-state index contributed by atoms with van der Waals surface area (Å²) in [5, 5.41) is 2.82. The van der Waals surface area contributed by atoms with Crippen molar-refractivity contribution in [3.8, 4) is 5.75 Å². The normalized spacial score (nSPS) is 19.7. The quantitative estimate of drug-likeness (QED) is 0.548. The first-order valence-corrected chi connectivity index (χ1v) is 13.6. The van der Waals surface area contributed by atoms with Gasteiger partial charge >= 0.3 is 0 Å². The molecule has 2 fully saturated rings. The van der Waals surface area contributed by atoms with Gasteiger partial charge in [-0.2, -0.15) is 4.31 Å². The maximum atomic E-state index is 12.9. The highest BCUT2D eigenvalue weighted by Crippen LogP contribution is 2.28. The van der Waals surface area contributed by atoms with E-state index in [1.807, 2.05) is 0 Å². The molecule has 2 aliphatic rings. The molecule has 2 aromatic rings. The molecule has 4 rings (SSSR count). The molecular formula is C24H29BrN2O5S. The van der Waals surface area contributed by atoms with Gasteiger partial charge in [-0.05, 0) is 84.1 Å². The number of carbonyl (C=O) groups excluding carboxylic acids is 1. The van der Waals surface area contributed by atoms with E-state index in [1.54, 1.807) is 46.8 Å². The number of amides is 1. The van der Waals surface area contributed by atoms with Crippen molar-refractivity contribution in [1.82, 2.24) is 4.31 Å². The minimum Gasteiger partial charge on any atom is -0.490 e. The fourth-order valence-electron chi connectivity index (χ4n) is 4.06. The Balaban J connectivity index is 1.37. The molecule has 9 heteroatoms. The molecule has 0 aromatic heterocycles. The number of hydrogen-bond acceptors (Lipinski definition) is 5. The lowest BCUT2D eigenvalue weighted by Crippen LogP contribution is -2.31. The summed E-state index contributed by atoms with van der Waals surface area (Å²) in [5.41, 5.74) is 0.997. The molecule has 178 valence electrons. The molecule has 0 radical (unpaired) electrons. The van der Waals surface area contributed by atoms with Gasteiger partial charge < -0.3 is 14.8 Å². The van der Waals surface area contributed by atoms with Crippen LogP contribution in [0.15, 0.2) is 51.8 Å². The van der Waals surface area contributed by atoms with Gasteiger partial charge in [-0.15, -0.1) is 0 Å². The largest absolute Gasteiger partial charge is 0.490 e. The fourth-order valence-corrected chi connectivity index (χ4v) is 6.07. The third kappa shape index (κ3) is 6.15. The zero-order valence-electron chi connectivity index (χ0n) is 18.5. The smallest absolute Gasteiger partial charge is 0.255 e. The summed E-state index contributed by atoms with van der Waals surface area (Å²) in [4.78, 5) is 12.9. The van der Waals surface area contributed by atoms with Crippen molar-refractivity contribution < 1.29 is 22.7 Å². The van der Waals surface area contributed by atoms with Crippen LogP contribution in [0.25, 0.3) is 0 Å². The van der Waals surface area contributed by atoms with E-state index >= 15 is 0 Å². The van der Waals surface area contributed by atoms with Gasteiger partial charge in [0.25, 0.3) is 5.91 Å². The van der Waals surface area contributed by atoms with Crippen LogP contribution in [0.2, 0.25) is 0 Å². The number of anilines is 1. The minimum absolute atomic E-state index is 0.117. The van der Waals surface area contributed by atoms with E-state index in [1.165, 1.54) is 0 Å². The predicted molar refractivity (Wildman–Crippen MR) is 130 cm³/mol. The van der Waals surface area contributed by atoms with Gasteiger partial charge in [-0.25, -0.2) is 8.42 Å². The lowest BCUT2D eigenvalue weighted by Gasteiger charge is -2.20. The molecule has 1 unspecified atom stereocenters. The third-order valence-corrected chi connectivity index (χ3v) is 8.49. The summed E-state index contributed by atoms with van der Waals surface area (Å²) in [6.07, 6.45) is 6.08. The molecule has 0 spiro atoms. The maximum absolute atomic E-state index is 12.9. The minimum atomic E-state index is -3.51. The summed E-state index contributed by atoms with van der Waals surface area (Å²) in [6.45, 7) is 2.38. The van der Waals surface area contributed by atoms with Crippen LogP contribution >= 0.6 is 15.9 Å². The molecule has 7 nitrogen and oxygen atoms in total. The third-order valence-electron chi connectivity index (χ3n) is 5.96. The predicted octanol–water partition coefficient (Wildman–Crippen LogP) is 4.82. The second kappa shape index (κ2) is 11.0. The number of hydrogen-bond donors (Lipinski definition) is 1. The molecule has 2 saturated heterocycles. The summed E-state index contributed by atoms with van der Waals surface area (Å²) in [6, 6.07) is 11.5. The number of benzene rings is 2. The number of nitrogens with zero attached hydrogens (tertiary/aromatic N) is 1. The summed E-state index contributed by atoms with van der Waals surface area (Å²) >= 11 is 3.47. The zero-order chi connectivity index (χ0) is 23.3. The van der Waals surface area contributed by atoms with Gasteiger partial charge in [0.1, 0.15) is 12.4 Å². The van der Waals surface area contributed by atoms with Crippen molar-refractivity contribution in [3.63, 3.8) is 0 Å². The van der Waals surface area contributed by atoms with E-state index in [-0.39, 0.29) is 16.9 Å². The maximum Gasteiger partial charge on any atom is 0.255 e. The number of carbonyl (C=O) groups is 1. The fraction of sp³-hybridized carbons (Fsp3) is 0.458. The summed E-state index contributed by atoms with van der Waals surface area (Å²) < 4.78 is 39.5. The van der Waals surface area contributed by atoms with Crippen molar-refractivity contribution >= 4 is 37.5 Å². The number of halogens is 1. The van der Waals surface area contributed by atoms with Crippen molar-refractivity contribution in [2.45, 2.75) is 49.5 Å². The molecular weight excluding hydrogens is 508 g/mol. The van der Waals surface area contributed by atoms with Gasteiger partial charge in [-0.3, -0.25) is 4.79 Å². The Hall–Kier alpha value is -1.94. The van der Waals surface area contributed by atoms with Crippen molar-refractivity contribution in [1.29, 1.82) is 0 Å². The molecule has 2 aromatic carbocycles. The molecule has 33 heavy (non-hydrogen) atoms. The average Bonchev–Trinajstić information content (AvgIpc) is 3.17. The SMILES string of the molecule is O=C(Nc1ccc(S(=O)(=O)N2CCCCCC2)cc1)c1ccc(OCC2CCCO2)c(Br)c1. The van der Waals surface area contributed by atoms with E-state index in [2.05, 4.69) is 21.2 Å². The zero-order valence-corrected chi connectivity index (χ0v) is 20.9. The molecule has 2 heterocycles. The Morgan fingerprint density at radius 2 is 1.79 bits per heavy atom. The van der Waals surface area contributed by atoms with Crippen LogP contribution in [0.5, 0.6) is 5.75 Å². The highest BCUT2D eigenvalue weighted by atomic mass is 79.9. The molecule has 0 saturated carbocycles. The lowest BCUT2D eigenvalue weighted by molar-refractivity contribution is 0.0677.